The predicted octanol–water partition coefficient (Wildman–Crippen LogP) is 1.91. The van der Waals surface area contributed by atoms with Gasteiger partial charge in [0.15, 0.2) is 6.61 Å². The number of esters is 1. The minimum atomic E-state index is -3.71. The van der Waals surface area contributed by atoms with Crippen molar-refractivity contribution in [3.05, 3.63) is 59.7 Å². The van der Waals surface area contributed by atoms with Gasteiger partial charge in [-0.25, -0.2) is 13.1 Å². The molecule has 0 fully saturated rings. The lowest BCUT2D eigenvalue weighted by Crippen LogP contribution is -2.28. The summed E-state index contributed by atoms with van der Waals surface area (Å²) in [5.74, 6) is -1.22. The van der Waals surface area contributed by atoms with E-state index in [2.05, 4.69) is 10.0 Å². The smallest absolute Gasteiger partial charge is 0.307 e. The van der Waals surface area contributed by atoms with E-state index in [9.17, 15) is 18.0 Å². The third-order valence-corrected chi connectivity index (χ3v) is 5.31. The Morgan fingerprint density at radius 1 is 1.07 bits per heavy atom. The SMILES string of the molecule is Cc1ccc(S(=O)(=O)NCCC(=O)OCC(=O)Nc2ccc(CC#N)cc2)cc1. The van der Waals surface area contributed by atoms with Crippen LogP contribution in [0.15, 0.2) is 53.4 Å². The average molecular weight is 415 g/mol. The number of anilines is 1. The van der Waals surface area contributed by atoms with Gasteiger partial charge in [-0.15, -0.1) is 0 Å². The Kier molecular flexibility index (Phi) is 7.88. The van der Waals surface area contributed by atoms with Crippen LogP contribution in [0.2, 0.25) is 0 Å². The first kappa shape index (κ1) is 22.1. The topological polar surface area (TPSA) is 125 Å². The summed E-state index contributed by atoms with van der Waals surface area (Å²) in [5.41, 5.74) is 2.27. The highest BCUT2D eigenvalue weighted by molar-refractivity contribution is 7.89. The number of aryl methyl sites for hydroxylation is 1. The Labute approximate surface area is 169 Å². The Bertz CT molecular complexity index is 994. The number of carbonyl (C=O) groups is 2. The van der Waals surface area contributed by atoms with Crippen LogP contribution >= 0.6 is 0 Å². The Morgan fingerprint density at radius 2 is 1.72 bits per heavy atom. The van der Waals surface area contributed by atoms with E-state index in [1.807, 2.05) is 13.0 Å². The van der Waals surface area contributed by atoms with Crippen LogP contribution in [0.1, 0.15) is 17.5 Å². The molecule has 0 radical (unpaired) electrons. The molecule has 0 saturated carbocycles. The molecule has 152 valence electrons. The van der Waals surface area contributed by atoms with Crippen molar-refractivity contribution in [3.8, 4) is 6.07 Å². The molecule has 2 rings (SSSR count). The van der Waals surface area contributed by atoms with Crippen molar-refractivity contribution in [2.24, 2.45) is 0 Å². The van der Waals surface area contributed by atoms with Gasteiger partial charge < -0.3 is 10.1 Å². The lowest BCUT2D eigenvalue weighted by Gasteiger charge is -2.08. The molecule has 0 atom stereocenters. The van der Waals surface area contributed by atoms with Gasteiger partial charge in [0.25, 0.3) is 5.91 Å². The van der Waals surface area contributed by atoms with Crippen molar-refractivity contribution < 1.29 is 22.7 Å². The van der Waals surface area contributed by atoms with Crippen LogP contribution in [0, 0.1) is 18.3 Å². The van der Waals surface area contributed by atoms with E-state index < -0.39 is 28.5 Å². The lowest BCUT2D eigenvalue weighted by atomic mass is 10.1. The van der Waals surface area contributed by atoms with Gasteiger partial charge in [-0.05, 0) is 36.8 Å². The van der Waals surface area contributed by atoms with Gasteiger partial charge in [0.1, 0.15) is 0 Å². The average Bonchev–Trinajstić information content (AvgIpc) is 2.68. The molecule has 0 bridgehead atoms. The van der Waals surface area contributed by atoms with Crippen LogP contribution in [-0.4, -0.2) is 33.4 Å². The Balaban J connectivity index is 1.71. The van der Waals surface area contributed by atoms with Gasteiger partial charge in [0, 0.05) is 12.2 Å². The standard InChI is InChI=1S/C20H21N3O5S/c1-15-2-8-18(9-3-15)29(26,27)22-13-11-20(25)28-14-19(24)23-17-6-4-16(5-7-17)10-12-21/h2-9,22H,10-11,13-14H2,1H3,(H,23,24). The largest absolute Gasteiger partial charge is 0.456 e. The van der Waals surface area contributed by atoms with Crippen LogP contribution < -0.4 is 10.0 Å². The Morgan fingerprint density at radius 3 is 2.34 bits per heavy atom. The summed E-state index contributed by atoms with van der Waals surface area (Å²) in [6, 6.07) is 15.1. The fourth-order valence-corrected chi connectivity index (χ4v) is 3.33. The molecule has 0 aliphatic rings. The summed E-state index contributed by atoms with van der Waals surface area (Å²) in [7, 11) is -3.71. The number of hydrogen-bond donors (Lipinski definition) is 2. The summed E-state index contributed by atoms with van der Waals surface area (Å²) in [5, 5.41) is 11.2. The molecule has 0 aromatic heterocycles. The molecule has 8 nitrogen and oxygen atoms in total. The number of nitrogens with one attached hydrogen (secondary N) is 2. The molecular weight excluding hydrogens is 394 g/mol. The molecule has 2 aromatic carbocycles. The second-order valence-corrected chi connectivity index (χ2v) is 7.97. The molecule has 9 heteroatoms. The number of sulfonamides is 1. The predicted molar refractivity (Wildman–Crippen MR) is 106 cm³/mol. The highest BCUT2D eigenvalue weighted by Crippen LogP contribution is 2.11. The van der Waals surface area contributed by atoms with Crippen LogP contribution in [0.4, 0.5) is 5.69 Å². The lowest BCUT2D eigenvalue weighted by molar-refractivity contribution is -0.147. The summed E-state index contributed by atoms with van der Waals surface area (Å²) in [6.45, 7) is 1.22. The van der Waals surface area contributed by atoms with Crippen LogP contribution in [0.5, 0.6) is 0 Å². The van der Waals surface area contributed by atoms with Crippen molar-refractivity contribution in [2.45, 2.75) is 24.7 Å². The van der Waals surface area contributed by atoms with Gasteiger partial charge in [-0.2, -0.15) is 5.26 Å². The zero-order chi connectivity index (χ0) is 21.3. The van der Waals surface area contributed by atoms with Crippen molar-refractivity contribution >= 4 is 27.6 Å². The van der Waals surface area contributed by atoms with E-state index >= 15 is 0 Å². The first-order valence-corrected chi connectivity index (χ1v) is 10.3. The molecule has 2 N–H and O–H groups in total. The van der Waals surface area contributed by atoms with Gasteiger partial charge in [0.05, 0.1) is 23.8 Å². The van der Waals surface area contributed by atoms with Crippen molar-refractivity contribution in [2.75, 3.05) is 18.5 Å². The maximum absolute atomic E-state index is 12.1. The van der Waals surface area contributed by atoms with E-state index in [4.69, 9.17) is 10.00 Å². The number of carbonyl (C=O) groups excluding carboxylic acids is 2. The fraction of sp³-hybridized carbons (Fsp3) is 0.250. The summed E-state index contributed by atoms with van der Waals surface area (Å²) in [6.07, 6.45) is 0.0702. The van der Waals surface area contributed by atoms with E-state index in [1.165, 1.54) is 12.1 Å². The van der Waals surface area contributed by atoms with Crippen LogP contribution in [-0.2, 0) is 30.8 Å². The zero-order valence-corrected chi connectivity index (χ0v) is 16.7. The van der Waals surface area contributed by atoms with E-state index in [0.29, 0.717) is 5.69 Å². The molecular formula is C20H21N3O5S. The minimum absolute atomic E-state index is 0.108. The molecule has 2 aromatic rings. The van der Waals surface area contributed by atoms with Crippen LogP contribution in [0.3, 0.4) is 0 Å². The third kappa shape index (κ3) is 7.37. The number of nitrogens with zero attached hydrogens (tertiary/aromatic N) is 1. The molecule has 0 heterocycles. The van der Waals surface area contributed by atoms with Crippen molar-refractivity contribution in [1.82, 2.24) is 4.72 Å². The van der Waals surface area contributed by atoms with Crippen molar-refractivity contribution in [3.63, 3.8) is 0 Å². The molecule has 0 aliphatic carbocycles. The van der Waals surface area contributed by atoms with Crippen molar-refractivity contribution in [1.29, 1.82) is 5.26 Å². The number of ether oxygens (including phenoxy) is 1. The molecule has 0 saturated heterocycles. The molecule has 0 aliphatic heterocycles. The fourth-order valence-electron chi connectivity index (χ4n) is 2.30. The van der Waals surface area contributed by atoms with Crippen LogP contribution in [0.25, 0.3) is 0 Å². The van der Waals surface area contributed by atoms with Gasteiger partial charge >= 0.3 is 5.97 Å². The molecule has 29 heavy (non-hydrogen) atoms. The molecule has 0 unspecified atom stereocenters. The highest BCUT2D eigenvalue weighted by Gasteiger charge is 2.14. The number of rotatable bonds is 9. The maximum Gasteiger partial charge on any atom is 0.307 e. The van der Waals surface area contributed by atoms with Gasteiger partial charge in [-0.1, -0.05) is 29.8 Å². The number of amides is 1. The molecule has 1 amide bonds. The van der Waals surface area contributed by atoms with Gasteiger partial charge in [0.2, 0.25) is 10.0 Å². The number of nitriles is 1. The van der Waals surface area contributed by atoms with Gasteiger partial charge in [-0.3, -0.25) is 9.59 Å². The number of benzene rings is 2. The first-order valence-electron chi connectivity index (χ1n) is 8.78. The number of hydrogen-bond acceptors (Lipinski definition) is 6. The monoisotopic (exact) mass is 415 g/mol. The van der Waals surface area contributed by atoms with E-state index in [-0.39, 0.29) is 24.3 Å². The van der Waals surface area contributed by atoms with E-state index in [0.717, 1.165) is 11.1 Å². The Hall–Kier alpha value is -3.22. The highest BCUT2D eigenvalue weighted by atomic mass is 32.2. The normalized spacial score (nSPS) is 10.8. The molecule has 0 spiro atoms. The van der Waals surface area contributed by atoms with E-state index in [1.54, 1.807) is 36.4 Å². The second-order valence-electron chi connectivity index (χ2n) is 6.20. The first-order chi connectivity index (χ1) is 13.8. The maximum atomic E-state index is 12.1. The zero-order valence-electron chi connectivity index (χ0n) is 15.8. The summed E-state index contributed by atoms with van der Waals surface area (Å²) < 4.78 is 31.4. The second kappa shape index (κ2) is 10.4. The quantitative estimate of drug-likeness (QED) is 0.603. The summed E-state index contributed by atoms with van der Waals surface area (Å²) >= 11 is 0. The summed E-state index contributed by atoms with van der Waals surface area (Å²) in [4.78, 5) is 23.6. The third-order valence-electron chi connectivity index (χ3n) is 3.84. The minimum Gasteiger partial charge on any atom is -0.456 e.